The van der Waals surface area contributed by atoms with Gasteiger partial charge in [-0.05, 0) is 37.5 Å². The van der Waals surface area contributed by atoms with E-state index in [0.29, 0.717) is 43.2 Å². The molecule has 0 aliphatic carbocycles. The van der Waals surface area contributed by atoms with Gasteiger partial charge in [-0.25, -0.2) is 4.79 Å². The molecule has 2 heterocycles. The zero-order chi connectivity index (χ0) is 18.5. The van der Waals surface area contributed by atoms with E-state index >= 15 is 0 Å². The van der Waals surface area contributed by atoms with Crippen molar-refractivity contribution in [3.63, 3.8) is 0 Å². The van der Waals surface area contributed by atoms with Gasteiger partial charge in [-0.15, -0.1) is 0 Å². The number of likely N-dealkylation sites (tertiary alicyclic amines) is 1. The van der Waals surface area contributed by atoms with Crippen LogP contribution in [-0.4, -0.2) is 80.1 Å². The molecule has 2 aliphatic rings. The van der Waals surface area contributed by atoms with Crippen LogP contribution in [0.5, 0.6) is 11.5 Å². The molecule has 0 spiro atoms. The number of piperazine rings is 1. The summed E-state index contributed by atoms with van der Waals surface area (Å²) >= 11 is 0. The molecular formula is C19H27N3O4. The van der Waals surface area contributed by atoms with Crippen LogP contribution in [0, 0.1) is 0 Å². The minimum atomic E-state index is -0.0453. The lowest BCUT2D eigenvalue weighted by Gasteiger charge is -2.38. The fourth-order valence-corrected chi connectivity index (χ4v) is 3.54. The Bertz CT molecular complexity index is 650. The van der Waals surface area contributed by atoms with Gasteiger partial charge in [0.25, 0.3) is 5.91 Å². The number of urea groups is 1. The molecule has 0 atom stereocenters. The Morgan fingerprint density at radius 3 is 1.96 bits per heavy atom. The number of hydrogen-bond donors (Lipinski definition) is 0. The third kappa shape index (κ3) is 3.86. The second-order valence-electron chi connectivity index (χ2n) is 6.68. The molecule has 2 saturated heterocycles. The molecule has 26 heavy (non-hydrogen) atoms. The molecule has 0 radical (unpaired) electrons. The van der Waals surface area contributed by atoms with Crippen LogP contribution in [0.2, 0.25) is 0 Å². The Kier molecular flexibility index (Phi) is 5.85. The first-order chi connectivity index (χ1) is 12.6. The van der Waals surface area contributed by atoms with Crippen molar-refractivity contribution in [1.82, 2.24) is 14.7 Å². The van der Waals surface area contributed by atoms with Crippen LogP contribution in [0.4, 0.5) is 4.79 Å². The van der Waals surface area contributed by atoms with Gasteiger partial charge in [0, 0.05) is 44.8 Å². The Morgan fingerprint density at radius 2 is 1.35 bits per heavy atom. The Labute approximate surface area is 154 Å². The van der Waals surface area contributed by atoms with Crippen molar-refractivity contribution in [2.75, 3.05) is 53.5 Å². The predicted molar refractivity (Wildman–Crippen MR) is 97.8 cm³/mol. The van der Waals surface area contributed by atoms with E-state index in [1.54, 1.807) is 37.3 Å². The van der Waals surface area contributed by atoms with Gasteiger partial charge in [0.15, 0.2) is 11.5 Å². The number of methoxy groups -OCH3 is 2. The molecule has 2 aliphatic heterocycles. The van der Waals surface area contributed by atoms with Gasteiger partial charge in [0.1, 0.15) is 0 Å². The second kappa shape index (κ2) is 8.29. The number of nitrogens with zero attached hydrogens (tertiary/aromatic N) is 3. The van der Waals surface area contributed by atoms with Gasteiger partial charge in [-0.1, -0.05) is 0 Å². The molecule has 3 amide bonds. The van der Waals surface area contributed by atoms with Gasteiger partial charge in [0.2, 0.25) is 0 Å². The number of carbonyl (C=O) groups is 2. The van der Waals surface area contributed by atoms with Crippen LogP contribution in [-0.2, 0) is 0 Å². The van der Waals surface area contributed by atoms with Crippen molar-refractivity contribution in [1.29, 1.82) is 0 Å². The average Bonchev–Trinajstić information content (AvgIpc) is 2.73. The summed E-state index contributed by atoms with van der Waals surface area (Å²) in [6.45, 7) is 3.95. The van der Waals surface area contributed by atoms with E-state index in [1.807, 2.05) is 9.80 Å². The van der Waals surface area contributed by atoms with Gasteiger partial charge in [0.05, 0.1) is 14.2 Å². The second-order valence-corrected chi connectivity index (χ2v) is 6.68. The van der Waals surface area contributed by atoms with Crippen LogP contribution in [0.3, 0.4) is 0 Å². The van der Waals surface area contributed by atoms with Crippen molar-refractivity contribution in [2.24, 2.45) is 0 Å². The van der Waals surface area contributed by atoms with Crippen molar-refractivity contribution in [3.05, 3.63) is 23.8 Å². The van der Waals surface area contributed by atoms with Gasteiger partial charge in [-0.2, -0.15) is 0 Å². The minimum Gasteiger partial charge on any atom is -0.493 e. The molecule has 0 N–H and O–H groups in total. The van der Waals surface area contributed by atoms with Crippen LogP contribution in [0.1, 0.15) is 29.6 Å². The highest BCUT2D eigenvalue weighted by Gasteiger charge is 2.28. The molecule has 1 aromatic rings. The standard InChI is InChI=1S/C19H27N3O4/c1-25-16-7-6-15(14-17(16)26-2)18(23)20-10-12-22(13-11-20)19(24)21-8-4-3-5-9-21/h6-7,14H,3-5,8-13H2,1-2H3. The lowest BCUT2D eigenvalue weighted by Crippen LogP contribution is -2.54. The molecule has 0 aromatic heterocycles. The first kappa shape index (κ1) is 18.4. The molecule has 3 rings (SSSR count). The first-order valence-electron chi connectivity index (χ1n) is 9.19. The monoisotopic (exact) mass is 361 g/mol. The first-order valence-corrected chi connectivity index (χ1v) is 9.19. The highest BCUT2D eigenvalue weighted by molar-refractivity contribution is 5.95. The summed E-state index contributed by atoms with van der Waals surface area (Å²) in [4.78, 5) is 30.9. The summed E-state index contributed by atoms with van der Waals surface area (Å²) in [5, 5.41) is 0. The highest BCUT2D eigenvalue weighted by atomic mass is 16.5. The molecule has 0 unspecified atom stereocenters. The maximum atomic E-state index is 12.8. The van der Waals surface area contributed by atoms with Crippen molar-refractivity contribution >= 4 is 11.9 Å². The molecule has 0 saturated carbocycles. The number of ether oxygens (including phenoxy) is 2. The van der Waals surface area contributed by atoms with E-state index in [4.69, 9.17) is 9.47 Å². The normalized spacial score (nSPS) is 17.8. The summed E-state index contributed by atoms with van der Waals surface area (Å²) in [5.41, 5.74) is 0.568. The average molecular weight is 361 g/mol. The SMILES string of the molecule is COc1ccc(C(=O)N2CCN(C(=O)N3CCCCC3)CC2)cc1OC. The number of benzene rings is 1. The van der Waals surface area contributed by atoms with Crippen LogP contribution < -0.4 is 9.47 Å². The minimum absolute atomic E-state index is 0.0453. The van der Waals surface area contributed by atoms with Crippen molar-refractivity contribution in [3.8, 4) is 11.5 Å². The van der Waals surface area contributed by atoms with Crippen LogP contribution in [0.15, 0.2) is 18.2 Å². The van der Waals surface area contributed by atoms with Crippen LogP contribution in [0.25, 0.3) is 0 Å². The molecule has 142 valence electrons. The van der Waals surface area contributed by atoms with E-state index in [0.717, 1.165) is 25.9 Å². The van der Waals surface area contributed by atoms with E-state index < -0.39 is 0 Å². The lowest BCUT2D eigenvalue weighted by molar-refractivity contribution is 0.0632. The number of piperidine rings is 1. The maximum absolute atomic E-state index is 12.8. The molecule has 0 bridgehead atoms. The smallest absolute Gasteiger partial charge is 0.320 e. The summed E-state index contributed by atoms with van der Waals surface area (Å²) in [6, 6.07) is 5.30. The molecule has 1 aromatic carbocycles. The van der Waals surface area contributed by atoms with E-state index in [1.165, 1.54) is 6.42 Å². The quantitative estimate of drug-likeness (QED) is 0.827. The Balaban J connectivity index is 1.59. The summed E-state index contributed by atoms with van der Waals surface area (Å²) in [6.07, 6.45) is 3.38. The number of hydrogen-bond acceptors (Lipinski definition) is 4. The third-order valence-electron chi connectivity index (χ3n) is 5.09. The van der Waals surface area contributed by atoms with E-state index in [-0.39, 0.29) is 11.9 Å². The van der Waals surface area contributed by atoms with Crippen LogP contribution >= 0.6 is 0 Å². The van der Waals surface area contributed by atoms with Gasteiger partial charge in [-0.3, -0.25) is 4.79 Å². The fraction of sp³-hybridized carbons (Fsp3) is 0.579. The molecule has 7 nitrogen and oxygen atoms in total. The fourth-order valence-electron chi connectivity index (χ4n) is 3.54. The molecule has 2 fully saturated rings. The zero-order valence-electron chi connectivity index (χ0n) is 15.6. The summed E-state index contributed by atoms with van der Waals surface area (Å²) < 4.78 is 10.5. The number of rotatable bonds is 3. The Morgan fingerprint density at radius 1 is 0.769 bits per heavy atom. The van der Waals surface area contributed by atoms with E-state index in [9.17, 15) is 9.59 Å². The predicted octanol–water partition coefficient (Wildman–Crippen LogP) is 2.07. The summed E-state index contributed by atoms with van der Waals surface area (Å²) in [7, 11) is 3.12. The molecular weight excluding hydrogens is 334 g/mol. The number of carbonyl (C=O) groups excluding carboxylic acids is 2. The lowest BCUT2D eigenvalue weighted by atomic mass is 10.1. The molecule has 7 heteroatoms. The van der Waals surface area contributed by atoms with Gasteiger partial charge < -0.3 is 24.2 Å². The van der Waals surface area contributed by atoms with Crippen molar-refractivity contribution < 1.29 is 19.1 Å². The Hall–Kier alpha value is -2.44. The van der Waals surface area contributed by atoms with Crippen molar-refractivity contribution in [2.45, 2.75) is 19.3 Å². The largest absolute Gasteiger partial charge is 0.493 e. The third-order valence-corrected chi connectivity index (χ3v) is 5.09. The maximum Gasteiger partial charge on any atom is 0.320 e. The zero-order valence-corrected chi connectivity index (χ0v) is 15.6. The number of amides is 3. The van der Waals surface area contributed by atoms with E-state index in [2.05, 4.69) is 0 Å². The summed E-state index contributed by atoms with van der Waals surface area (Å²) in [5.74, 6) is 1.09. The topological polar surface area (TPSA) is 62.3 Å². The van der Waals surface area contributed by atoms with Gasteiger partial charge >= 0.3 is 6.03 Å². The highest BCUT2D eigenvalue weighted by Crippen LogP contribution is 2.28.